The lowest BCUT2D eigenvalue weighted by atomic mass is 10.2. The van der Waals surface area contributed by atoms with Gasteiger partial charge in [-0.25, -0.2) is 4.98 Å². The zero-order valence-corrected chi connectivity index (χ0v) is 11.2. The Bertz CT molecular complexity index is 566. The average molecular weight is 337 g/mol. The van der Waals surface area contributed by atoms with Crippen molar-refractivity contribution >= 4 is 15.9 Å². The monoisotopic (exact) mass is 336 g/mol. The minimum absolute atomic E-state index is 0.166. The molecular formula is C11H8BrF3N2O2. The molecule has 0 saturated heterocycles. The van der Waals surface area contributed by atoms with Crippen molar-refractivity contribution in [3.05, 3.63) is 34.5 Å². The molecule has 0 amide bonds. The maximum atomic E-state index is 12.4. The fourth-order valence-electron chi connectivity index (χ4n) is 1.39. The first-order chi connectivity index (χ1) is 8.91. The molecule has 0 bridgehead atoms. The van der Waals surface area contributed by atoms with E-state index in [1.807, 2.05) is 0 Å². The topological polar surface area (TPSA) is 48.2 Å². The molecule has 0 radical (unpaired) electrons. The number of ether oxygens (including phenoxy) is 1. The number of methoxy groups -OCH3 is 1. The van der Waals surface area contributed by atoms with Crippen LogP contribution in [0.15, 0.2) is 27.4 Å². The van der Waals surface area contributed by atoms with Crippen molar-refractivity contribution < 1.29 is 22.3 Å². The van der Waals surface area contributed by atoms with Crippen LogP contribution in [0, 0.1) is 0 Å². The molecule has 0 aliphatic rings. The smallest absolute Gasteiger partial charge is 0.417 e. The van der Waals surface area contributed by atoms with E-state index in [-0.39, 0.29) is 12.3 Å². The summed E-state index contributed by atoms with van der Waals surface area (Å²) >= 11 is 3.13. The van der Waals surface area contributed by atoms with Crippen LogP contribution >= 0.6 is 15.9 Å². The van der Waals surface area contributed by atoms with E-state index in [0.29, 0.717) is 16.3 Å². The van der Waals surface area contributed by atoms with Crippen molar-refractivity contribution in [3.8, 4) is 11.4 Å². The van der Waals surface area contributed by atoms with Crippen molar-refractivity contribution in [1.82, 2.24) is 9.97 Å². The van der Waals surface area contributed by atoms with Gasteiger partial charge in [-0.05, 0) is 28.1 Å². The molecule has 0 atom stereocenters. The van der Waals surface area contributed by atoms with Gasteiger partial charge in [-0.15, -0.1) is 0 Å². The third kappa shape index (κ3) is 3.13. The van der Waals surface area contributed by atoms with Gasteiger partial charge in [0, 0.05) is 13.3 Å². The van der Waals surface area contributed by atoms with Crippen LogP contribution in [0.1, 0.15) is 11.5 Å². The molecule has 2 rings (SSSR count). The fraction of sp³-hybridized carbons (Fsp3) is 0.273. The average Bonchev–Trinajstić information content (AvgIpc) is 2.70. The van der Waals surface area contributed by atoms with Crippen LogP contribution in [0.25, 0.3) is 11.4 Å². The molecule has 0 N–H and O–H groups in total. The molecule has 0 unspecified atom stereocenters. The Kier molecular flexibility index (Phi) is 3.91. The number of alkyl halides is 3. The second-order valence-corrected chi connectivity index (χ2v) is 4.31. The van der Waals surface area contributed by atoms with Crippen molar-refractivity contribution in [2.24, 2.45) is 0 Å². The SMILES string of the molecule is COCc1nc(-c2ccc(C(F)(F)F)cn2)c(Br)o1. The summed E-state index contributed by atoms with van der Waals surface area (Å²) in [4.78, 5) is 7.82. The lowest BCUT2D eigenvalue weighted by Gasteiger charge is -2.05. The highest BCUT2D eigenvalue weighted by Gasteiger charge is 2.30. The summed E-state index contributed by atoms with van der Waals surface area (Å²) < 4.78 is 47.6. The van der Waals surface area contributed by atoms with Crippen molar-refractivity contribution in [2.45, 2.75) is 12.8 Å². The second-order valence-electron chi connectivity index (χ2n) is 3.59. The van der Waals surface area contributed by atoms with Gasteiger partial charge in [0.25, 0.3) is 0 Å². The lowest BCUT2D eigenvalue weighted by molar-refractivity contribution is -0.137. The third-order valence-corrected chi connectivity index (χ3v) is 2.77. The van der Waals surface area contributed by atoms with Crippen LogP contribution in [0.3, 0.4) is 0 Å². The van der Waals surface area contributed by atoms with Gasteiger partial charge in [0.2, 0.25) is 5.89 Å². The highest BCUT2D eigenvalue weighted by atomic mass is 79.9. The molecule has 0 fully saturated rings. The Morgan fingerprint density at radius 1 is 1.37 bits per heavy atom. The maximum Gasteiger partial charge on any atom is 0.417 e. The van der Waals surface area contributed by atoms with E-state index >= 15 is 0 Å². The van der Waals surface area contributed by atoms with Crippen LogP contribution in [-0.2, 0) is 17.5 Å². The molecule has 8 heteroatoms. The second kappa shape index (κ2) is 5.30. The van der Waals surface area contributed by atoms with E-state index in [0.717, 1.165) is 12.3 Å². The molecule has 0 aliphatic heterocycles. The summed E-state index contributed by atoms with van der Waals surface area (Å²) in [5.74, 6) is 0.311. The van der Waals surface area contributed by atoms with Gasteiger partial charge < -0.3 is 9.15 Å². The molecular weight excluding hydrogens is 329 g/mol. The Morgan fingerprint density at radius 2 is 2.11 bits per heavy atom. The maximum absolute atomic E-state index is 12.4. The Hall–Kier alpha value is -1.41. The van der Waals surface area contributed by atoms with Gasteiger partial charge in [0.15, 0.2) is 4.67 Å². The van der Waals surface area contributed by atoms with Gasteiger partial charge >= 0.3 is 6.18 Å². The Morgan fingerprint density at radius 3 is 2.63 bits per heavy atom. The fourth-order valence-corrected chi connectivity index (χ4v) is 1.87. The summed E-state index contributed by atoms with van der Waals surface area (Å²) in [6.07, 6.45) is -3.65. The first-order valence-corrected chi connectivity index (χ1v) is 5.89. The predicted octanol–water partition coefficient (Wildman–Crippen LogP) is 3.66. The highest BCUT2D eigenvalue weighted by molar-refractivity contribution is 9.10. The summed E-state index contributed by atoms with van der Waals surface area (Å²) in [5, 5.41) is 0. The Balaban J connectivity index is 2.32. The van der Waals surface area contributed by atoms with E-state index in [4.69, 9.17) is 9.15 Å². The van der Waals surface area contributed by atoms with Crippen LogP contribution < -0.4 is 0 Å². The van der Waals surface area contributed by atoms with Crippen molar-refractivity contribution in [2.75, 3.05) is 7.11 Å². The lowest BCUT2D eigenvalue weighted by Crippen LogP contribution is -2.05. The quantitative estimate of drug-likeness (QED) is 0.858. The molecule has 4 nitrogen and oxygen atoms in total. The molecule has 2 aromatic rings. The van der Waals surface area contributed by atoms with Crippen molar-refractivity contribution in [1.29, 1.82) is 0 Å². The largest absolute Gasteiger partial charge is 0.431 e. The number of aromatic nitrogens is 2. The zero-order chi connectivity index (χ0) is 14.0. The highest BCUT2D eigenvalue weighted by Crippen LogP contribution is 2.31. The minimum Gasteiger partial charge on any atom is -0.431 e. The summed E-state index contributed by atoms with van der Waals surface area (Å²) in [5.41, 5.74) is -0.195. The normalized spacial score (nSPS) is 11.8. The van der Waals surface area contributed by atoms with E-state index < -0.39 is 11.7 Å². The van der Waals surface area contributed by atoms with Gasteiger partial charge in [-0.3, -0.25) is 4.98 Å². The molecule has 0 aromatic carbocycles. The Labute approximate surface area is 114 Å². The zero-order valence-electron chi connectivity index (χ0n) is 9.66. The minimum atomic E-state index is -4.41. The predicted molar refractivity (Wildman–Crippen MR) is 63.1 cm³/mol. The number of halogens is 4. The van der Waals surface area contributed by atoms with Crippen LogP contribution in [-0.4, -0.2) is 17.1 Å². The summed E-state index contributed by atoms with van der Waals surface area (Å²) in [7, 11) is 1.48. The summed E-state index contributed by atoms with van der Waals surface area (Å²) in [6, 6.07) is 2.18. The number of nitrogens with zero attached hydrogens (tertiary/aromatic N) is 2. The van der Waals surface area contributed by atoms with E-state index in [1.54, 1.807) is 0 Å². The molecule has 0 saturated carbocycles. The number of pyridine rings is 1. The first kappa shape index (κ1) is 14.0. The van der Waals surface area contributed by atoms with Gasteiger partial charge in [0.05, 0.1) is 11.3 Å². The number of hydrogen-bond donors (Lipinski definition) is 0. The number of hydrogen-bond acceptors (Lipinski definition) is 4. The third-order valence-electron chi connectivity index (χ3n) is 2.23. The van der Waals surface area contributed by atoms with Gasteiger partial charge in [-0.1, -0.05) is 0 Å². The molecule has 0 aliphatic carbocycles. The summed E-state index contributed by atoms with van der Waals surface area (Å²) in [6.45, 7) is 0.166. The first-order valence-electron chi connectivity index (χ1n) is 5.09. The van der Waals surface area contributed by atoms with Crippen LogP contribution in [0.2, 0.25) is 0 Å². The van der Waals surface area contributed by atoms with E-state index in [1.165, 1.54) is 13.2 Å². The molecule has 102 valence electrons. The van der Waals surface area contributed by atoms with E-state index in [2.05, 4.69) is 25.9 Å². The molecule has 2 aromatic heterocycles. The van der Waals surface area contributed by atoms with Crippen molar-refractivity contribution in [3.63, 3.8) is 0 Å². The molecule has 2 heterocycles. The van der Waals surface area contributed by atoms with Crippen LogP contribution in [0.4, 0.5) is 13.2 Å². The molecule has 0 spiro atoms. The van der Waals surface area contributed by atoms with Gasteiger partial charge in [0.1, 0.15) is 12.3 Å². The van der Waals surface area contributed by atoms with Crippen LogP contribution in [0.5, 0.6) is 0 Å². The number of rotatable bonds is 3. The number of oxazole rings is 1. The standard InChI is InChI=1S/C11H8BrF3N2O2/c1-18-5-8-17-9(10(12)19-8)7-3-2-6(4-16-7)11(13,14)15/h2-4H,5H2,1H3. The molecule has 19 heavy (non-hydrogen) atoms. The van der Waals surface area contributed by atoms with Gasteiger partial charge in [-0.2, -0.15) is 13.2 Å². The van der Waals surface area contributed by atoms with E-state index in [9.17, 15) is 13.2 Å².